The molecule has 1 atom stereocenters. The highest BCUT2D eigenvalue weighted by molar-refractivity contribution is 5.63. The molecule has 2 aromatic carbocycles. The maximum atomic E-state index is 4.38. The monoisotopic (exact) mass is 343 g/mol. The van der Waals surface area contributed by atoms with Gasteiger partial charge in [0.15, 0.2) is 0 Å². The fourth-order valence-electron chi connectivity index (χ4n) is 3.15. The Morgan fingerprint density at radius 1 is 1.00 bits per heavy atom. The third-order valence-corrected chi connectivity index (χ3v) is 4.38. The molecule has 130 valence electrons. The van der Waals surface area contributed by atoms with Crippen LogP contribution in [0.25, 0.3) is 16.9 Å². The Morgan fingerprint density at radius 2 is 1.73 bits per heavy atom. The van der Waals surface area contributed by atoms with E-state index < -0.39 is 0 Å². The lowest BCUT2D eigenvalue weighted by molar-refractivity contribution is 0.770. The number of rotatable bonds is 5. The zero-order valence-electron chi connectivity index (χ0n) is 14.9. The molecule has 2 heterocycles. The molecule has 2 aromatic heterocycles. The molecule has 0 amide bonds. The Hall–Kier alpha value is -3.21. The van der Waals surface area contributed by atoms with Gasteiger partial charge in [-0.15, -0.1) is 0 Å². The molecule has 0 aliphatic carbocycles. The summed E-state index contributed by atoms with van der Waals surface area (Å²) in [4.78, 5) is 8.55. The summed E-state index contributed by atoms with van der Waals surface area (Å²) in [6, 6.07) is 21.5. The standard InChI is InChI=1S/C21H21N5/c1-15(24-20-13-16(2)25-21-22-14-23-26(20)21)12-17-8-10-19(11-9-17)18-6-4-3-5-7-18/h3-11,13-15,24H,12H2,1-2H3/t15-/m0/s1. The predicted molar refractivity (Wildman–Crippen MR) is 104 cm³/mol. The van der Waals surface area contributed by atoms with Crippen molar-refractivity contribution in [2.24, 2.45) is 0 Å². The summed E-state index contributed by atoms with van der Waals surface area (Å²) in [5.41, 5.74) is 4.70. The van der Waals surface area contributed by atoms with E-state index >= 15 is 0 Å². The average molecular weight is 343 g/mol. The zero-order valence-corrected chi connectivity index (χ0v) is 14.9. The molecule has 1 N–H and O–H groups in total. The Balaban J connectivity index is 1.48. The van der Waals surface area contributed by atoms with Crippen molar-refractivity contribution in [2.45, 2.75) is 26.3 Å². The maximum Gasteiger partial charge on any atom is 0.254 e. The maximum absolute atomic E-state index is 4.38. The molecule has 0 radical (unpaired) electrons. The number of nitrogens with one attached hydrogen (secondary N) is 1. The number of aromatic nitrogens is 4. The van der Waals surface area contributed by atoms with Crippen molar-refractivity contribution in [3.63, 3.8) is 0 Å². The number of fused-ring (bicyclic) bond motifs is 1. The second kappa shape index (κ2) is 6.96. The van der Waals surface area contributed by atoms with Crippen LogP contribution in [0, 0.1) is 6.92 Å². The predicted octanol–water partition coefficient (Wildman–Crippen LogP) is 4.14. The molecule has 26 heavy (non-hydrogen) atoms. The van der Waals surface area contributed by atoms with Crippen LogP contribution in [0.3, 0.4) is 0 Å². The van der Waals surface area contributed by atoms with E-state index in [1.807, 2.05) is 19.1 Å². The minimum atomic E-state index is 0.256. The largest absolute Gasteiger partial charge is 0.367 e. The molecule has 4 rings (SSSR count). The van der Waals surface area contributed by atoms with Crippen molar-refractivity contribution in [3.05, 3.63) is 78.2 Å². The minimum Gasteiger partial charge on any atom is -0.367 e. The van der Waals surface area contributed by atoms with Gasteiger partial charge in [-0.1, -0.05) is 54.6 Å². The number of nitrogens with zero attached hydrogens (tertiary/aromatic N) is 4. The lowest BCUT2D eigenvalue weighted by Crippen LogP contribution is -2.20. The Kier molecular flexibility index (Phi) is 4.35. The van der Waals surface area contributed by atoms with E-state index in [0.717, 1.165) is 17.9 Å². The van der Waals surface area contributed by atoms with Crippen LogP contribution in [-0.4, -0.2) is 25.6 Å². The smallest absolute Gasteiger partial charge is 0.254 e. The molecular weight excluding hydrogens is 322 g/mol. The van der Waals surface area contributed by atoms with E-state index in [2.05, 4.69) is 75.8 Å². The molecule has 0 unspecified atom stereocenters. The molecule has 0 aliphatic heterocycles. The molecular formula is C21H21N5. The minimum absolute atomic E-state index is 0.256. The van der Waals surface area contributed by atoms with E-state index in [-0.39, 0.29) is 6.04 Å². The van der Waals surface area contributed by atoms with Gasteiger partial charge < -0.3 is 5.32 Å². The lowest BCUT2D eigenvalue weighted by atomic mass is 10.0. The Labute approximate surface area is 152 Å². The second-order valence-electron chi connectivity index (χ2n) is 6.57. The van der Waals surface area contributed by atoms with E-state index in [1.165, 1.54) is 23.0 Å². The first-order valence-corrected chi connectivity index (χ1v) is 8.77. The number of hydrogen-bond donors (Lipinski definition) is 1. The highest BCUT2D eigenvalue weighted by Crippen LogP contribution is 2.20. The summed E-state index contributed by atoms with van der Waals surface area (Å²) >= 11 is 0. The number of benzene rings is 2. The highest BCUT2D eigenvalue weighted by atomic mass is 15.4. The number of anilines is 1. The van der Waals surface area contributed by atoms with Crippen LogP contribution in [-0.2, 0) is 6.42 Å². The summed E-state index contributed by atoms with van der Waals surface area (Å²) < 4.78 is 1.74. The third kappa shape index (κ3) is 3.42. The first kappa shape index (κ1) is 16.3. The van der Waals surface area contributed by atoms with Gasteiger partial charge >= 0.3 is 0 Å². The summed E-state index contributed by atoms with van der Waals surface area (Å²) in [6.45, 7) is 4.14. The van der Waals surface area contributed by atoms with Gasteiger partial charge in [-0.3, -0.25) is 0 Å². The summed E-state index contributed by atoms with van der Waals surface area (Å²) in [5.74, 6) is 1.53. The SMILES string of the molecule is Cc1cc(N[C@@H](C)Cc2ccc(-c3ccccc3)cc2)n2ncnc2n1. The van der Waals surface area contributed by atoms with Gasteiger partial charge in [-0.05, 0) is 37.0 Å². The van der Waals surface area contributed by atoms with Gasteiger partial charge in [-0.25, -0.2) is 4.98 Å². The van der Waals surface area contributed by atoms with Gasteiger partial charge in [0, 0.05) is 17.8 Å². The molecule has 0 spiro atoms. The summed E-state index contributed by atoms with van der Waals surface area (Å²) in [5, 5.41) is 7.77. The van der Waals surface area contributed by atoms with Crippen LogP contribution in [0.5, 0.6) is 0 Å². The van der Waals surface area contributed by atoms with Crippen LogP contribution in [0.2, 0.25) is 0 Å². The number of hydrogen-bond acceptors (Lipinski definition) is 4. The van der Waals surface area contributed by atoms with Gasteiger partial charge in [0.1, 0.15) is 12.1 Å². The van der Waals surface area contributed by atoms with E-state index in [0.29, 0.717) is 5.78 Å². The fourth-order valence-corrected chi connectivity index (χ4v) is 3.15. The number of aryl methyl sites for hydroxylation is 1. The molecule has 0 bridgehead atoms. The van der Waals surface area contributed by atoms with Gasteiger partial charge in [-0.2, -0.15) is 14.6 Å². The van der Waals surface area contributed by atoms with Crippen molar-refractivity contribution < 1.29 is 0 Å². The van der Waals surface area contributed by atoms with Crippen molar-refractivity contribution >= 4 is 11.6 Å². The van der Waals surface area contributed by atoms with Gasteiger partial charge in [0.25, 0.3) is 5.78 Å². The fraction of sp³-hybridized carbons (Fsp3) is 0.190. The molecule has 4 aromatic rings. The molecule has 0 fully saturated rings. The zero-order chi connectivity index (χ0) is 17.9. The molecule has 5 heteroatoms. The topological polar surface area (TPSA) is 55.1 Å². The van der Waals surface area contributed by atoms with Crippen molar-refractivity contribution in [1.82, 2.24) is 19.6 Å². The quantitative estimate of drug-likeness (QED) is 0.592. The summed E-state index contributed by atoms with van der Waals surface area (Å²) in [6.07, 6.45) is 2.45. The Bertz CT molecular complexity index is 1010. The van der Waals surface area contributed by atoms with E-state index in [1.54, 1.807) is 4.52 Å². The van der Waals surface area contributed by atoms with Gasteiger partial charge in [0.2, 0.25) is 0 Å². The molecule has 0 aliphatic rings. The third-order valence-electron chi connectivity index (χ3n) is 4.38. The molecule has 0 saturated heterocycles. The van der Waals surface area contributed by atoms with Crippen LogP contribution in [0.15, 0.2) is 67.0 Å². The average Bonchev–Trinajstić information content (AvgIpc) is 3.11. The van der Waals surface area contributed by atoms with E-state index in [4.69, 9.17) is 0 Å². The first-order valence-electron chi connectivity index (χ1n) is 8.77. The lowest BCUT2D eigenvalue weighted by Gasteiger charge is -2.16. The second-order valence-corrected chi connectivity index (χ2v) is 6.57. The van der Waals surface area contributed by atoms with Gasteiger partial charge in [0.05, 0.1) is 0 Å². The normalized spacial score (nSPS) is 12.2. The van der Waals surface area contributed by atoms with Crippen LogP contribution in [0.1, 0.15) is 18.2 Å². The highest BCUT2D eigenvalue weighted by Gasteiger charge is 2.09. The molecule has 0 saturated carbocycles. The summed E-state index contributed by atoms with van der Waals surface area (Å²) in [7, 11) is 0. The van der Waals surface area contributed by atoms with Crippen molar-refractivity contribution in [2.75, 3.05) is 5.32 Å². The van der Waals surface area contributed by atoms with Crippen molar-refractivity contribution in [1.29, 1.82) is 0 Å². The van der Waals surface area contributed by atoms with Crippen LogP contribution < -0.4 is 5.32 Å². The van der Waals surface area contributed by atoms with Crippen molar-refractivity contribution in [3.8, 4) is 11.1 Å². The Morgan fingerprint density at radius 3 is 2.50 bits per heavy atom. The van der Waals surface area contributed by atoms with Crippen LogP contribution >= 0.6 is 0 Å². The van der Waals surface area contributed by atoms with Crippen LogP contribution in [0.4, 0.5) is 5.82 Å². The molecule has 5 nitrogen and oxygen atoms in total. The van der Waals surface area contributed by atoms with E-state index in [9.17, 15) is 0 Å². The first-order chi connectivity index (χ1) is 12.7.